The molecule has 2 N–H and O–H groups in total. The molecule has 5 heteroatoms. The van der Waals surface area contributed by atoms with Crippen LogP contribution >= 0.6 is 15.9 Å². The molecule has 0 aliphatic heterocycles. The maximum Gasteiger partial charge on any atom is 0.239 e. The summed E-state index contributed by atoms with van der Waals surface area (Å²) in [5, 5.41) is 5.94. The predicted molar refractivity (Wildman–Crippen MR) is 87.5 cm³/mol. The summed E-state index contributed by atoms with van der Waals surface area (Å²) in [4.78, 5) is 11.8. The monoisotopic (exact) mass is 348 g/mol. The number of halogens is 1. The molecule has 2 aromatic carbocycles. The predicted octanol–water partition coefficient (Wildman–Crippen LogP) is 3.19. The molecule has 0 aromatic heterocycles. The van der Waals surface area contributed by atoms with Crippen LogP contribution in [0.1, 0.15) is 5.56 Å². The average Bonchev–Trinajstić information content (AvgIpc) is 2.53. The molecule has 0 unspecified atom stereocenters. The van der Waals surface area contributed by atoms with E-state index in [2.05, 4.69) is 26.6 Å². The summed E-state index contributed by atoms with van der Waals surface area (Å²) in [6.45, 7) is 0.753. The lowest BCUT2D eigenvalue weighted by atomic mass is 10.2. The number of ether oxygens (including phenoxy) is 1. The fourth-order valence-electron chi connectivity index (χ4n) is 1.76. The molecule has 21 heavy (non-hydrogen) atoms. The third-order valence-electron chi connectivity index (χ3n) is 2.95. The zero-order valence-electron chi connectivity index (χ0n) is 11.7. The number of methoxy groups -OCH3 is 1. The first-order valence-electron chi connectivity index (χ1n) is 6.56. The Bertz CT molecular complexity index is 582. The third kappa shape index (κ3) is 5.11. The van der Waals surface area contributed by atoms with Crippen molar-refractivity contribution < 1.29 is 9.53 Å². The van der Waals surface area contributed by atoms with Gasteiger partial charge in [-0.2, -0.15) is 0 Å². The van der Waals surface area contributed by atoms with Gasteiger partial charge in [0.15, 0.2) is 0 Å². The van der Waals surface area contributed by atoms with Crippen molar-refractivity contribution in [3.63, 3.8) is 0 Å². The molecule has 0 aliphatic carbocycles. The second-order valence-electron chi connectivity index (χ2n) is 4.49. The van der Waals surface area contributed by atoms with Crippen molar-refractivity contribution in [1.82, 2.24) is 5.32 Å². The van der Waals surface area contributed by atoms with Gasteiger partial charge >= 0.3 is 0 Å². The number of benzene rings is 2. The molecule has 0 saturated heterocycles. The molecule has 0 saturated carbocycles. The molecular formula is C16H17BrN2O2. The van der Waals surface area contributed by atoms with Gasteiger partial charge in [-0.25, -0.2) is 0 Å². The van der Waals surface area contributed by atoms with Gasteiger partial charge in [-0.1, -0.05) is 28.1 Å². The highest BCUT2D eigenvalue weighted by molar-refractivity contribution is 9.10. The Morgan fingerprint density at radius 1 is 1.10 bits per heavy atom. The summed E-state index contributed by atoms with van der Waals surface area (Å²) in [6.07, 6.45) is 0. The van der Waals surface area contributed by atoms with E-state index >= 15 is 0 Å². The van der Waals surface area contributed by atoms with Gasteiger partial charge in [-0.15, -0.1) is 0 Å². The minimum atomic E-state index is -0.0475. The fraction of sp³-hybridized carbons (Fsp3) is 0.188. The van der Waals surface area contributed by atoms with Crippen LogP contribution < -0.4 is 15.4 Å². The number of hydrogen-bond donors (Lipinski definition) is 2. The summed E-state index contributed by atoms with van der Waals surface area (Å²) in [6, 6.07) is 15.3. The fourth-order valence-corrected chi connectivity index (χ4v) is 2.02. The minimum absolute atomic E-state index is 0.0475. The summed E-state index contributed by atoms with van der Waals surface area (Å²) in [5.74, 6) is 0.760. The molecule has 110 valence electrons. The van der Waals surface area contributed by atoms with E-state index < -0.39 is 0 Å². The number of amides is 1. The number of anilines is 1. The first kappa shape index (κ1) is 15.4. The van der Waals surface area contributed by atoms with Gasteiger partial charge in [-0.05, 0) is 42.0 Å². The standard InChI is InChI=1S/C16H17BrN2O2/c1-21-15-8-2-12(3-9-15)10-19-16(20)11-18-14-6-4-13(17)5-7-14/h2-9,18H,10-11H2,1H3,(H,19,20). The van der Waals surface area contributed by atoms with Crippen molar-refractivity contribution in [3.8, 4) is 5.75 Å². The van der Waals surface area contributed by atoms with Crippen LogP contribution in [0.5, 0.6) is 5.75 Å². The van der Waals surface area contributed by atoms with Crippen LogP contribution in [0.25, 0.3) is 0 Å². The number of hydrogen-bond acceptors (Lipinski definition) is 3. The van der Waals surface area contributed by atoms with E-state index in [1.165, 1.54) is 0 Å². The summed E-state index contributed by atoms with van der Waals surface area (Å²) < 4.78 is 6.10. The summed E-state index contributed by atoms with van der Waals surface area (Å²) in [7, 11) is 1.63. The zero-order valence-corrected chi connectivity index (χ0v) is 13.3. The van der Waals surface area contributed by atoms with Gasteiger partial charge < -0.3 is 15.4 Å². The molecule has 0 spiro atoms. The van der Waals surface area contributed by atoms with E-state index in [9.17, 15) is 4.79 Å². The third-order valence-corrected chi connectivity index (χ3v) is 3.47. The molecule has 0 heterocycles. The molecule has 1 amide bonds. The largest absolute Gasteiger partial charge is 0.497 e. The average molecular weight is 349 g/mol. The minimum Gasteiger partial charge on any atom is -0.497 e. The highest BCUT2D eigenvalue weighted by atomic mass is 79.9. The Morgan fingerprint density at radius 2 is 1.76 bits per heavy atom. The Balaban J connectivity index is 1.75. The molecule has 2 aromatic rings. The van der Waals surface area contributed by atoms with Crippen LogP contribution in [0.3, 0.4) is 0 Å². The van der Waals surface area contributed by atoms with Crippen LogP contribution in [-0.4, -0.2) is 19.6 Å². The topological polar surface area (TPSA) is 50.4 Å². The molecule has 2 rings (SSSR count). The van der Waals surface area contributed by atoms with Crippen molar-refractivity contribution >= 4 is 27.5 Å². The van der Waals surface area contributed by atoms with Crippen LogP contribution in [0.2, 0.25) is 0 Å². The molecule has 0 aliphatic rings. The molecule has 0 radical (unpaired) electrons. The van der Waals surface area contributed by atoms with Gasteiger partial charge in [0.25, 0.3) is 0 Å². The van der Waals surface area contributed by atoms with Crippen molar-refractivity contribution in [2.45, 2.75) is 6.54 Å². The molecule has 0 bridgehead atoms. The Kier molecular flexibility index (Phi) is 5.63. The van der Waals surface area contributed by atoms with Gasteiger partial charge in [-0.3, -0.25) is 4.79 Å². The van der Waals surface area contributed by atoms with E-state index in [1.54, 1.807) is 7.11 Å². The Labute approximate surface area is 132 Å². The van der Waals surface area contributed by atoms with Gasteiger partial charge in [0, 0.05) is 16.7 Å². The highest BCUT2D eigenvalue weighted by Crippen LogP contribution is 2.13. The number of rotatable bonds is 6. The highest BCUT2D eigenvalue weighted by Gasteiger charge is 2.01. The molecular weight excluding hydrogens is 332 g/mol. The van der Waals surface area contributed by atoms with Crippen molar-refractivity contribution in [2.24, 2.45) is 0 Å². The van der Waals surface area contributed by atoms with E-state index in [0.29, 0.717) is 6.54 Å². The Hall–Kier alpha value is -2.01. The second kappa shape index (κ2) is 7.69. The lowest BCUT2D eigenvalue weighted by Crippen LogP contribution is -2.29. The smallest absolute Gasteiger partial charge is 0.239 e. The SMILES string of the molecule is COc1ccc(CNC(=O)CNc2ccc(Br)cc2)cc1. The molecule has 0 fully saturated rings. The van der Waals surface area contributed by atoms with Crippen molar-refractivity contribution in [1.29, 1.82) is 0 Å². The lowest BCUT2D eigenvalue weighted by Gasteiger charge is -2.08. The normalized spacial score (nSPS) is 10.0. The first-order valence-corrected chi connectivity index (χ1v) is 7.36. The van der Waals surface area contributed by atoms with Crippen LogP contribution in [-0.2, 0) is 11.3 Å². The zero-order chi connectivity index (χ0) is 15.1. The van der Waals surface area contributed by atoms with Gasteiger partial charge in [0.1, 0.15) is 5.75 Å². The summed E-state index contributed by atoms with van der Waals surface area (Å²) >= 11 is 3.37. The second-order valence-corrected chi connectivity index (χ2v) is 5.40. The molecule has 4 nitrogen and oxygen atoms in total. The Morgan fingerprint density at radius 3 is 2.38 bits per heavy atom. The maximum atomic E-state index is 11.8. The van der Waals surface area contributed by atoms with E-state index in [-0.39, 0.29) is 12.5 Å². The van der Waals surface area contributed by atoms with Crippen molar-refractivity contribution in [3.05, 3.63) is 58.6 Å². The number of carbonyl (C=O) groups is 1. The lowest BCUT2D eigenvalue weighted by molar-refractivity contribution is -0.119. The van der Waals surface area contributed by atoms with Crippen LogP contribution in [0.4, 0.5) is 5.69 Å². The van der Waals surface area contributed by atoms with E-state index in [0.717, 1.165) is 21.5 Å². The van der Waals surface area contributed by atoms with Crippen molar-refractivity contribution in [2.75, 3.05) is 19.0 Å². The van der Waals surface area contributed by atoms with Gasteiger partial charge in [0.05, 0.1) is 13.7 Å². The van der Waals surface area contributed by atoms with Gasteiger partial charge in [0.2, 0.25) is 5.91 Å². The number of nitrogens with one attached hydrogen (secondary N) is 2. The summed E-state index contributed by atoms with van der Waals surface area (Å²) in [5.41, 5.74) is 1.95. The molecule has 0 atom stereocenters. The van der Waals surface area contributed by atoms with Crippen LogP contribution in [0.15, 0.2) is 53.0 Å². The van der Waals surface area contributed by atoms with E-state index in [4.69, 9.17) is 4.74 Å². The first-order chi connectivity index (χ1) is 10.2. The maximum absolute atomic E-state index is 11.8. The van der Waals surface area contributed by atoms with Crippen LogP contribution in [0, 0.1) is 0 Å². The quantitative estimate of drug-likeness (QED) is 0.842. The number of carbonyl (C=O) groups excluding carboxylic acids is 1. The van der Waals surface area contributed by atoms with E-state index in [1.807, 2.05) is 48.5 Å².